The molecule has 1 aromatic carbocycles. The van der Waals surface area contributed by atoms with Gasteiger partial charge in [0.15, 0.2) is 0 Å². The van der Waals surface area contributed by atoms with E-state index in [1.165, 1.54) is 26.2 Å². The van der Waals surface area contributed by atoms with Crippen LogP contribution in [0, 0.1) is 29.6 Å². The van der Waals surface area contributed by atoms with E-state index in [1.807, 2.05) is 85.7 Å². The molecule has 1 heterocycles. The third kappa shape index (κ3) is 14.0. The van der Waals surface area contributed by atoms with Gasteiger partial charge in [0.05, 0.1) is 49.8 Å². The largest absolute Gasteiger partial charge is 0.467 e. The SMILES string of the molecule is CC[C@H](C)C([C@@H](CC(=O)N1CCC[C@H]1[C@H](OC)[C@@H](C)C(=O)N[C@@H](Cc1ccccc1)C(=O)OC)OC)N(C)C(=O)[C@@H](NC(=O)C(C(C)C)N(C)C(=O)[C@@H](NC)C(C)C)C(C)C. The predicted octanol–water partition coefficient (Wildman–Crippen LogP) is 3.68. The third-order valence-electron chi connectivity index (χ3n) is 12.5. The molecule has 2 unspecified atom stereocenters. The van der Waals surface area contributed by atoms with Crippen LogP contribution in [0.15, 0.2) is 30.3 Å². The Bertz CT molecular complexity index is 1580. The highest BCUT2D eigenvalue weighted by atomic mass is 16.5. The molecule has 1 aliphatic rings. The number of ether oxygens (including phenoxy) is 3. The van der Waals surface area contributed by atoms with E-state index in [1.54, 1.807) is 37.9 Å². The van der Waals surface area contributed by atoms with Gasteiger partial charge in [-0.15, -0.1) is 0 Å². The summed E-state index contributed by atoms with van der Waals surface area (Å²) in [5, 5.41) is 8.92. The number of carbonyl (C=O) groups excluding carboxylic acids is 6. The van der Waals surface area contributed by atoms with E-state index in [0.29, 0.717) is 25.8 Å². The van der Waals surface area contributed by atoms with Crippen LogP contribution in [0.25, 0.3) is 0 Å². The number of carbonyl (C=O) groups is 6. The summed E-state index contributed by atoms with van der Waals surface area (Å²) in [5.74, 6) is -3.47. The van der Waals surface area contributed by atoms with E-state index in [4.69, 9.17) is 14.2 Å². The Kier molecular flexibility index (Phi) is 21.9. The molecule has 0 spiro atoms. The van der Waals surface area contributed by atoms with Crippen LogP contribution in [0.4, 0.5) is 0 Å². The first-order valence-electron chi connectivity index (χ1n) is 22.0. The van der Waals surface area contributed by atoms with Crippen molar-refractivity contribution in [3.05, 3.63) is 35.9 Å². The summed E-state index contributed by atoms with van der Waals surface area (Å²) in [6.07, 6.45) is 0.826. The Hall–Kier alpha value is -4.08. The molecule has 3 N–H and O–H groups in total. The fraction of sp³-hybridized carbons (Fsp3) is 0.739. The molecule has 5 amide bonds. The Morgan fingerprint density at radius 2 is 1.38 bits per heavy atom. The summed E-state index contributed by atoms with van der Waals surface area (Å²) in [7, 11) is 9.36. The summed E-state index contributed by atoms with van der Waals surface area (Å²) in [6, 6.07) is 5.25. The molecular formula is C46H78N6O9. The van der Waals surface area contributed by atoms with Crippen LogP contribution < -0.4 is 16.0 Å². The Labute approximate surface area is 365 Å². The van der Waals surface area contributed by atoms with E-state index in [9.17, 15) is 28.8 Å². The first-order chi connectivity index (χ1) is 28.7. The lowest BCUT2D eigenvalue weighted by molar-refractivity contribution is -0.149. The third-order valence-corrected chi connectivity index (χ3v) is 12.5. The van der Waals surface area contributed by atoms with Crippen molar-refractivity contribution in [2.45, 2.75) is 143 Å². The number of esters is 1. The first-order valence-corrected chi connectivity index (χ1v) is 22.0. The summed E-state index contributed by atoms with van der Waals surface area (Å²) in [6.45, 7) is 17.6. The fourth-order valence-electron chi connectivity index (χ4n) is 8.79. The highest BCUT2D eigenvalue weighted by molar-refractivity contribution is 5.93. The monoisotopic (exact) mass is 859 g/mol. The molecule has 0 bridgehead atoms. The van der Waals surface area contributed by atoms with Gasteiger partial charge in [0.25, 0.3) is 0 Å². The van der Waals surface area contributed by atoms with E-state index in [0.717, 1.165) is 5.56 Å². The Morgan fingerprint density at radius 3 is 1.87 bits per heavy atom. The van der Waals surface area contributed by atoms with Crippen LogP contribution >= 0.6 is 0 Å². The van der Waals surface area contributed by atoms with E-state index in [2.05, 4.69) is 16.0 Å². The molecular weight excluding hydrogens is 781 g/mol. The van der Waals surface area contributed by atoms with Gasteiger partial charge >= 0.3 is 5.97 Å². The second-order valence-corrected chi connectivity index (χ2v) is 17.7. The minimum Gasteiger partial charge on any atom is -0.467 e. The molecule has 15 heteroatoms. The van der Waals surface area contributed by atoms with Gasteiger partial charge in [0.1, 0.15) is 18.1 Å². The molecule has 2 rings (SSSR count). The van der Waals surface area contributed by atoms with E-state index < -0.39 is 72.2 Å². The van der Waals surface area contributed by atoms with Gasteiger partial charge in [-0.25, -0.2) is 4.79 Å². The van der Waals surface area contributed by atoms with Crippen LogP contribution in [0.2, 0.25) is 0 Å². The van der Waals surface area contributed by atoms with Crippen molar-refractivity contribution >= 4 is 35.5 Å². The summed E-state index contributed by atoms with van der Waals surface area (Å²) < 4.78 is 17.0. The van der Waals surface area contributed by atoms with E-state index >= 15 is 0 Å². The average molecular weight is 859 g/mol. The van der Waals surface area contributed by atoms with Gasteiger partial charge in [-0.05, 0) is 49.1 Å². The van der Waals surface area contributed by atoms with Crippen molar-refractivity contribution in [2.75, 3.05) is 49.0 Å². The van der Waals surface area contributed by atoms with Gasteiger partial charge in [-0.1, -0.05) is 99.1 Å². The lowest BCUT2D eigenvalue weighted by Gasteiger charge is -2.41. The molecule has 15 nitrogen and oxygen atoms in total. The quantitative estimate of drug-likeness (QED) is 0.130. The molecule has 0 radical (unpaired) electrons. The molecule has 10 atom stereocenters. The van der Waals surface area contributed by atoms with Gasteiger partial charge in [-0.3, -0.25) is 24.0 Å². The zero-order chi connectivity index (χ0) is 46.3. The maximum atomic E-state index is 14.5. The van der Waals surface area contributed by atoms with Crippen LogP contribution in [-0.4, -0.2) is 148 Å². The average Bonchev–Trinajstić information content (AvgIpc) is 3.71. The van der Waals surface area contributed by atoms with Crippen molar-refractivity contribution in [3.8, 4) is 0 Å². The number of rotatable bonds is 24. The minimum atomic E-state index is -0.920. The predicted molar refractivity (Wildman–Crippen MR) is 236 cm³/mol. The zero-order valence-corrected chi connectivity index (χ0v) is 39.7. The maximum Gasteiger partial charge on any atom is 0.328 e. The van der Waals surface area contributed by atoms with Crippen LogP contribution in [0.5, 0.6) is 0 Å². The van der Waals surface area contributed by atoms with Crippen molar-refractivity contribution in [1.29, 1.82) is 0 Å². The van der Waals surface area contributed by atoms with Gasteiger partial charge in [-0.2, -0.15) is 0 Å². The molecule has 1 fully saturated rings. The van der Waals surface area contributed by atoms with Crippen LogP contribution in [0.3, 0.4) is 0 Å². The molecule has 346 valence electrons. The van der Waals surface area contributed by atoms with Gasteiger partial charge in [0, 0.05) is 41.3 Å². The number of likely N-dealkylation sites (tertiary alicyclic amines) is 1. The van der Waals surface area contributed by atoms with Gasteiger partial charge < -0.3 is 44.9 Å². The highest BCUT2D eigenvalue weighted by Gasteiger charge is 2.44. The topological polar surface area (TPSA) is 176 Å². The van der Waals surface area contributed by atoms with Crippen molar-refractivity contribution in [3.63, 3.8) is 0 Å². The number of likely N-dealkylation sites (N-methyl/N-ethyl adjacent to an activating group) is 3. The number of hydrogen-bond acceptors (Lipinski definition) is 10. The second kappa shape index (κ2) is 25.1. The molecule has 61 heavy (non-hydrogen) atoms. The smallest absolute Gasteiger partial charge is 0.328 e. The van der Waals surface area contributed by atoms with Crippen LogP contribution in [0.1, 0.15) is 93.6 Å². The van der Waals surface area contributed by atoms with Gasteiger partial charge in [0.2, 0.25) is 29.5 Å². The number of methoxy groups -OCH3 is 3. The molecule has 1 aliphatic heterocycles. The number of benzene rings is 1. The molecule has 1 aromatic rings. The van der Waals surface area contributed by atoms with Crippen molar-refractivity contribution in [1.82, 2.24) is 30.7 Å². The standard InChI is InChI=1S/C46H78N6O9/c1-16-30(8)40(51(12)45(57)38(28(4)5)49-43(55)39(29(6)7)50(11)44(56)37(47-10)27(2)3)35(59-13)26-36(53)52-24-20-23-34(52)41(60-14)31(9)42(54)48-33(46(58)61-15)25-32-21-18-17-19-22-32/h17-19,21-22,27-31,33-35,37-41,47H,16,20,23-26H2,1-15H3,(H,48,54)(H,49,55)/t30-,31+,33-,34-,35+,37-,38-,39?,40?,41+/m0/s1. The highest BCUT2D eigenvalue weighted by Crippen LogP contribution is 2.30. The number of nitrogens with one attached hydrogen (secondary N) is 3. The summed E-state index contributed by atoms with van der Waals surface area (Å²) in [4.78, 5) is 87.7. The Balaban J connectivity index is 2.33. The van der Waals surface area contributed by atoms with Crippen molar-refractivity contribution in [2.24, 2.45) is 29.6 Å². The molecule has 0 saturated carbocycles. The molecule has 0 aromatic heterocycles. The zero-order valence-electron chi connectivity index (χ0n) is 39.7. The molecule has 0 aliphatic carbocycles. The minimum absolute atomic E-state index is 0.00169. The summed E-state index contributed by atoms with van der Waals surface area (Å²) in [5.41, 5.74) is 0.864. The van der Waals surface area contributed by atoms with E-state index in [-0.39, 0.29) is 54.2 Å². The summed E-state index contributed by atoms with van der Waals surface area (Å²) >= 11 is 0. The number of amides is 5. The fourth-order valence-corrected chi connectivity index (χ4v) is 8.79. The number of nitrogens with zero attached hydrogens (tertiary/aromatic N) is 3. The maximum absolute atomic E-state index is 14.5. The van der Waals surface area contributed by atoms with Crippen LogP contribution in [-0.2, 0) is 49.4 Å². The normalized spacial score (nSPS) is 18.7. The van der Waals surface area contributed by atoms with Crippen molar-refractivity contribution < 1.29 is 43.0 Å². The lowest BCUT2D eigenvalue weighted by atomic mass is 9.89. The second-order valence-electron chi connectivity index (χ2n) is 17.7. The lowest BCUT2D eigenvalue weighted by Crippen LogP contribution is -2.61. The first kappa shape index (κ1) is 53.1. The Morgan fingerprint density at radius 1 is 0.787 bits per heavy atom. The number of hydrogen-bond donors (Lipinski definition) is 3. The molecule has 1 saturated heterocycles.